The average Bonchev–Trinajstić information content (AvgIpc) is 3.33. The highest BCUT2D eigenvalue weighted by molar-refractivity contribution is 5.78. The maximum absolute atomic E-state index is 12.6. The first-order valence-electron chi connectivity index (χ1n) is 11.9. The van der Waals surface area contributed by atoms with Gasteiger partial charge in [-0.2, -0.15) is 4.98 Å². The van der Waals surface area contributed by atoms with Gasteiger partial charge in [-0.3, -0.25) is 9.69 Å². The number of urea groups is 1. The summed E-state index contributed by atoms with van der Waals surface area (Å²) in [5.74, 6) is 1.21. The lowest BCUT2D eigenvalue weighted by molar-refractivity contribution is -0.132. The van der Waals surface area contributed by atoms with E-state index in [9.17, 15) is 9.59 Å². The number of carbonyl (C=O) groups excluding carboxylic acids is 2. The number of piperazine rings is 1. The molecular weight excluding hydrogens is 444 g/mol. The largest absolute Gasteiger partial charge is 0.340 e. The van der Waals surface area contributed by atoms with Crippen LogP contribution in [-0.2, 0) is 17.9 Å². The molecule has 3 aromatic rings. The molecule has 1 fully saturated rings. The van der Waals surface area contributed by atoms with Crippen LogP contribution in [0.5, 0.6) is 0 Å². The van der Waals surface area contributed by atoms with E-state index in [-0.39, 0.29) is 18.4 Å². The third-order valence-corrected chi connectivity index (χ3v) is 6.09. The maximum Gasteiger partial charge on any atom is 0.317 e. The molecule has 9 heteroatoms. The van der Waals surface area contributed by atoms with Crippen molar-refractivity contribution >= 4 is 11.9 Å². The predicted molar refractivity (Wildman–Crippen MR) is 132 cm³/mol. The van der Waals surface area contributed by atoms with E-state index >= 15 is 0 Å². The molecule has 0 unspecified atom stereocenters. The molecule has 2 heterocycles. The van der Waals surface area contributed by atoms with Crippen molar-refractivity contribution < 1.29 is 14.1 Å². The Labute approximate surface area is 205 Å². The van der Waals surface area contributed by atoms with Crippen LogP contribution in [0.2, 0.25) is 0 Å². The Hall–Kier alpha value is -3.72. The Morgan fingerprint density at radius 3 is 2.46 bits per heavy atom. The lowest BCUT2D eigenvalue weighted by atomic mass is 10.1. The van der Waals surface area contributed by atoms with Gasteiger partial charge in [0.05, 0.1) is 6.54 Å². The van der Waals surface area contributed by atoms with Crippen LogP contribution < -0.4 is 5.32 Å². The minimum atomic E-state index is -0.184. The third-order valence-electron chi connectivity index (χ3n) is 6.09. The quantitative estimate of drug-likeness (QED) is 0.537. The summed E-state index contributed by atoms with van der Waals surface area (Å²) in [7, 11) is 1.75. The molecule has 0 atom stereocenters. The van der Waals surface area contributed by atoms with Crippen LogP contribution in [0.15, 0.2) is 59.1 Å². The molecule has 2 aromatic carbocycles. The molecule has 3 amide bonds. The van der Waals surface area contributed by atoms with E-state index in [1.54, 1.807) is 11.9 Å². The molecule has 0 radical (unpaired) electrons. The second-order valence-corrected chi connectivity index (χ2v) is 8.86. The standard InChI is InChI=1S/C26H32N6O3/c1-20-8-10-22(11-9-20)25-28-23(35-29-25)19-31-14-16-32(17-15-31)24(33)12-13-27-26(34)30(2)18-21-6-4-3-5-7-21/h3-11H,12-19H2,1-2H3,(H,27,34). The fraction of sp³-hybridized carbons (Fsp3) is 0.385. The molecular formula is C26H32N6O3. The maximum atomic E-state index is 12.6. The number of nitrogens with zero attached hydrogens (tertiary/aromatic N) is 5. The summed E-state index contributed by atoms with van der Waals surface area (Å²) >= 11 is 0. The van der Waals surface area contributed by atoms with Crippen molar-refractivity contribution in [3.63, 3.8) is 0 Å². The third kappa shape index (κ3) is 6.89. The van der Waals surface area contributed by atoms with Crippen molar-refractivity contribution in [3.8, 4) is 11.4 Å². The number of aromatic nitrogens is 2. The summed E-state index contributed by atoms with van der Waals surface area (Å²) in [5.41, 5.74) is 3.17. The number of nitrogens with one attached hydrogen (secondary N) is 1. The number of amides is 3. The van der Waals surface area contributed by atoms with Gasteiger partial charge < -0.3 is 19.6 Å². The van der Waals surface area contributed by atoms with E-state index in [0.29, 0.717) is 44.4 Å². The molecule has 35 heavy (non-hydrogen) atoms. The van der Waals surface area contributed by atoms with Gasteiger partial charge in [0.15, 0.2) is 0 Å². The summed E-state index contributed by atoms with van der Waals surface area (Å²) < 4.78 is 5.43. The number of hydrogen-bond donors (Lipinski definition) is 1. The van der Waals surface area contributed by atoms with Gasteiger partial charge in [-0.05, 0) is 12.5 Å². The SMILES string of the molecule is Cc1ccc(-c2noc(CN3CCN(C(=O)CCNC(=O)N(C)Cc4ccccc4)CC3)n2)cc1. The fourth-order valence-electron chi connectivity index (χ4n) is 3.98. The van der Waals surface area contributed by atoms with Crippen LogP contribution in [0.3, 0.4) is 0 Å². The summed E-state index contributed by atoms with van der Waals surface area (Å²) in [6, 6.07) is 17.6. The first-order valence-corrected chi connectivity index (χ1v) is 11.9. The van der Waals surface area contributed by atoms with Crippen LogP contribution in [0.25, 0.3) is 11.4 Å². The lowest BCUT2D eigenvalue weighted by Gasteiger charge is -2.34. The minimum absolute atomic E-state index is 0.0510. The molecule has 0 aliphatic carbocycles. The monoisotopic (exact) mass is 476 g/mol. The van der Waals surface area contributed by atoms with Crippen molar-refractivity contribution in [2.75, 3.05) is 39.8 Å². The smallest absolute Gasteiger partial charge is 0.317 e. The van der Waals surface area contributed by atoms with Crippen LogP contribution in [-0.4, -0.2) is 76.6 Å². The van der Waals surface area contributed by atoms with Gasteiger partial charge >= 0.3 is 6.03 Å². The zero-order chi connectivity index (χ0) is 24.6. The summed E-state index contributed by atoms with van der Waals surface area (Å²) in [6.07, 6.45) is 0.286. The number of hydrogen-bond acceptors (Lipinski definition) is 6. The van der Waals surface area contributed by atoms with E-state index in [4.69, 9.17) is 4.52 Å². The molecule has 184 valence electrons. The number of carbonyl (C=O) groups is 2. The minimum Gasteiger partial charge on any atom is -0.340 e. The molecule has 1 aromatic heterocycles. The van der Waals surface area contributed by atoms with Gasteiger partial charge in [0.1, 0.15) is 0 Å². The van der Waals surface area contributed by atoms with Crippen molar-refractivity contribution in [1.82, 2.24) is 30.2 Å². The molecule has 1 N–H and O–H groups in total. The Kier molecular flexibility index (Phi) is 8.10. The van der Waals surface area contributed by atoms with Gasteiger partial charge in [-0.25, -0.2) is 4.79 Å². The molecule has 0 saturated carbocycles. The van der Waals surface area contributed by atoms with Gasteiger partial charge in [0, 0.05) is 58.3 Å². The molecule has 1 aliphatic heterocycles. The molecule has 9 nitrogen and oxygen atoms in total. The second-order valence-electron chi connectivity index (χ2n) is 8.86. The van der Waals surface area contributed by atoms with E-state index in [2.05, 4.69) is 20.4 Å². The summed E-state index contributed by atoms with van der Waals surface area (Å²) in [5, 5.41) is 6.93. The Morgan fingerprint density at radius 2 is 1.74 bits per heavy atom. The highest BCUT2D eigenvalue weighted by Gasteiger charge is 2.22. The van der Waals surface area contributed by atoms with Gasteiger partial charge in [0.2, 0.25) is 17.6 Å². The highest BCUT2D eigenvalue weighted by atomic mass is 16.5. The number of aryl methyl sites for hydroxylation is 1. The number of benzene rings is 2. The van der Waals surface area contributed by atoms with Crippen molar-refractivity contribution in [3.05, 3.63) is 71.6 Å². The van der Waals surface area contributed by atoms with Crippen LogP contribution in [0.4, 0.5) is 4.79 Å². The summed E-state index contributed by atoms with van der Waals surface area (Å²) in [6.45, 7) is 6.19. The van der Waals surface area contributed by atoms with Crippen LogP contribution in [0, 0.1) is 6.92 Å². The normalized spacial score (nSPS) is 14.1. The van der Waals surface area contributed by atoms with Crippen molar-refractivity contribution in [2.45, 2.75) is 26.4 Å². The second kappa shape index (κ2) is 11.6. The molecule has 0 bridgehead atoms. The van der Waals surface area contributed by atoms with Gasteiger partial charge in [-0.15, -0.1) is 0 Å². The molecule has 1 aliphatic rings. The average molecular weight is 477 g/mol. The van der Waals surface area contributed by atoms with Crippen molar-refractivity contribution in [2.24, 2.45) is 0 Å². The van der Waals surface area contributed by atoms with E-state index in [1.807, 2.05) is 66.4 Å². The van der Waals surface area contributed by atoms with Crippen molar-refractivity contribution in [1.29, 1.82) is 0 Å². The molecule has 1 saturated heterocycles. The molecule has 0 spiro atoms. The topological polar surface area (TPSA) is 94.8 Å². The summed E-state index contributed by atoms with van der Waals surface area (Å²) in [4.78, 5) is 35.1. The van der Waals surface area contributed by atoms with Gasteiger partial charge in [-0.1, -0.05) is 65.3 Å². The Morgan fingerprint density at radius 1 is 1.03 bits per heavy atom. The first kappa shape index (κ1) is 24.4. The Bertz CT molecular complexity index is 1110. The van der Waals surface area contributed by atoms with Crippen LogP contribution >= 0.6 is 0 Å². The molecule has 4 rings (SSSR count). The zero-order valence-corrected chi connectivity index (χ0v) is 20.3. The van der Waals surface area contributed by atoms with E-state index < -0.39 is 0 Å². The fourth-order valence-corrected chi connectivity index (χ4v) is 3.98. The number of rotatable bonds is 8. The first-order chi connectivity index (χ1) is 17.0. The van der Waals surface area contributed by atoms with Crippen LogP contribution in [0.1, 0.15) is 23.4 Å². The zero-order valence-electron chi connectivity index (χ0n) is 20.3. The van der Waals surface area contributed by atoms with E-state index in [1.165, 1.54) is 5.56 Å². The van der Waals surface area contributed by atoms with E-state index in [0.717, 1.165) is 24.2 Å². The lowest BCUT2D eigenvalue weighted by Crippen LogP contribution is -2.49. The predicted octanol–water partition coefficient (Wildman–Crippen LogP) is 2.92. The van der Waals surface area contributed by atoms with Gasteiger partial charge in [0.25, 0.3) is 0 Å². The highest BCUT2D eigenvalue weighted by Crippen LogP contribution is 2.17. The Balaban J connectivity index is 1.15.